The zero-order valence-corrected chi connectivity index (χ0v) is 10.2. The Morgan fingerprint density at radius 2 is 2.17 bits per heavy atom. The molecule has 2 aromatic heterocycles. The van der Waals surface area contributed by atoms with Crippen molar-refractivity contribution in [3.63, 3.8) is 0 Å². The summed E-state index contributed by atoms with van der Waals surface area (Å²) in [7, 11) is 0. The maximum Gasteiger partial charge on any atom is 0.339 e. The van der Waals surface area contributed by atoms with Crippen molar-refractivity contribution in [2.24, 2.45) is 0 Å². The van der Waals surface area contributed by atoms with Gasteiger partial charge in [-0.2, -0.15) is 0 Å². The standard InChI is InChI=1S/C13H13N3O2/c1-3-11-10(13(17)18)7-15-12(16-11)9-6-14-5-4-8(9)2/h4-7H,3H2,1-2H3,(H,17,18). The molecule has 2 rings (SSSR count). The van der Waals surface area contributed by atoms with Gasteiger partial charge in [-0.3, -0.25) is 4.98 Å². The topological polar surface area (TPSA) is 76.0 Å². The van der Waals surface area contributed by atoms with Gasteiger partial charge in [0.25, 0.3) is 0 Å². The summed E-state index contributed by atoms with van der Waals surface area (Å²) in [4.78, 5) is 23.5. The molecule has 0 aliphatic carbocycles. The predicted octanol–water partition coefficient (Wildman–Crippen LogP) is 2.11. The van der Waals surface area contributed by atoms with Crippen molar-refractivity contribution in [1.29, 1.82) is 0 Å². The third-order valence-corrected chi connectivity index (χ3v) is 2.71. The third kappa shape index (κ3) is 2.20. The molecular weight excluding hydrogens is 230 g/mol. The number of pyridine rings is 1. The lowest BCUT2D eigenvalue weighted by Gasteiger charge is -2.07. The summed E-state index contributed by atoms with van der Waals surface area (Å²) in [6, 6.07) is 1.87. The van der Waals surface area contributed by atoms with Crippen LogP contribution in [-0.4, -0.2) is 26.0 Å². The van der Waals surface area contributed by atoms with E-state index in [4.69, 9.17) is 5.11 Å². The number of rotatable bonds is 3. The molecule has 2 aromatic rings. The number of carboxylic acids is 1. The van der Waals surface area contributed by atoms with Gasteiger partial charge in [0.2, 0.25) is 0 Å². The monoisotopic (exact) mass is 243 g/mol. The number of hydrogen-bond donors (Lipinski definition) is 1. The van der Waals surface area contributed by atoms with E-state index < -0.39 is 5.97 Å². The van der Waals surface area contributed by atoms with Crippen molar-refractivity contribution in [1.82, 2.24) is 15.0 Å². The maximum atomic E-state index is 11.0. The predicted molar refractivity (Wildman–Crippen MR) is 66.3 cm³/mol. The average molecular weight is 243 g/mol. The van der Waals surface area contributed by atoms with Crippen LogP contribution in [0.15, 0.2) is 24.7 Å². The molecule has 0 bridgehead atoms. The van der Waals surface area contributed by atoms with Gasteiger partial charge in [0, 0.05) is 24.2 Å². The van der Waals surface area contributed by atoms with Crippen LogP contribution >= 0.6 is 0 Å². The smallest absolute Gasteiger partial charge is 0.339 e. The molecule has 0 atom stereocenters. The van der Waals surface area contributed by atoms with Gasteiger partial charge in [0.05, 0.1) is 11.3 Å². The van der Waals surface area contributed by atoms with Crippen LogP contribution < -0.4 is 0 Å². The molecule has 1 N–H and O–H groups in total. The second-order valence-corrected chi connectivity index (χ2v) is 3.90. The van der Waals surface area contributed by atoms with Crippen molar-refractivity contribution in [2.45, 2.75) is 20.3 Å². The maximum absolute atomic E-state index is 11.0. The highest BCUT2D eigenvalue weighted by Gasteiger charge is 2.13. The van der Waals surface area contributed by atoms with E-state index in [1.165, 1.54) is 6.20 Å². The zero-order valence-electron chi connectivity index (χ0n) is 10.2. The summed E-state index contributed by atoms with van der Waals surface area (Å²) < 4.78 is 0. The summed E-state index contributed by atoms with van der Waals surface area (Å²) in [5, 5.41) is 9.02. The molecule has 0 radical (unpaired) electrons. The molecule has 92 valence electrons. The fourth-order valence-corrected chi connectivity index (χ4v) is 1.69. The highest BCUT2D eigenvalue weighted by molar-refractivity contribution is 5.88. The third-order valence-electron chi connectivity index (χ3n) is 2.71. The molecule has 0 unspecified atom stereocenters. The molecule has 0 aromatic carbocycles. The van der Waals surface area contributed by atoms with Crippen LogP contribution in [0, 0.1) is 6.92 Å². The van der Waals surface area contributed by atoms with Crippen LogP contribution in [0.1, 0.15) is 28.5 Å². The van der Waals surface area contributed by atoms with Gasteiger partial charge < -0.3 is 5.11 Å². The molecular formula is C13H13N3O2. The molecule has 0 amide bonds. The van der Waals surface area contributed by atoms with Crippen LogP contribution in [0.2, 0.25) is 0 Å². The normalized spacial score (nSPS) is 10.3. The first-order chi connectivity index (χ1) is 8.63. The highest BCUT2D eigenvalue weighted by Crippen LogP contribution is 2.19. The minimum absolute atomic E-state index is 0.155. The van der Waals surface area contributed by atoms with Crippen LogP contribution in [0.5, 0.6) is 0 Å². The lowest BCUT2D eigenvalue weighted by molar-refractivity contribution is 0.0694. The number of aromatic carboxylic acids is 1. The highest BCUT2D eigenvalue weighted by atomic mass is 16.4. The number of aryl methyl sites for hydroxylation is 2. The molecule has 0 saturated carbocycles. The van der Waals surface area contributed by atoms with Crippen molar-refractivity contribution < 1.29 is 9.90 Å². The van der Waals surface area contributed by atoms with Crippen molar-refractivity contribution in [2.75, 3.05) is 0 Å². The first-order valence-corrected chi connectivity index (χ1v) is 5.63. The quantitative estimate of drug-likeness (QED) is 0.893. The second-order valence-electron chi connectivity index (χ2n) is 3.90. The number of carbonyl (C=O) groups is 1. The molecule has 2 heterocycles. The summed E-state index contributed by atoms with van der Waals surface area (Å²) in [6.07, 6.45) is 5.29. The van der Waals surface area contributed by atoms with Crippen molar-refractivity contribution in [3.8, 4) is 11.4 Å². The van der Waals surface area contributed by atoms with Crippen LogP contribution in [0.4, 0.5) is 0 Å². The summed E-state index contributed by atoms with van der Waals surface area (Å²) in [5.74, 6) is -0.483. The van der Waals surface area contributed by atoms with E-state index in [2.05, 4.69) is 15.0 Å². The zero-order chi connectivity index (χ0) is 13.1. The molecule has 0 fully saturated rings. The fraction of sp³-hybridized carbons (Fsp3) is 0.231. The Morgan fingerprint density at radius 1 is 1.39 bits per heavy atom. The average Bonchev–Trinajstić information content (AvgIpc) is 2.38. The van der Waals surface area contributed by atoms with E-state index in [-0.39, 0.29) is 5.56 Å². The fourth-order valence-electron chi connectivity index (χ4n) is 1.69. The largest absolute Gasteiger partial charge is 0.478 e. The summed E-state index contributed by atoms with van der Waals surface area (Å²) in [6.45, 7) is 3.81. The Bertz CT molecular complexity index is 597. The lowest BCUT2D eigenvalue weighted by Crippen LogP contribution is -2.07. The Balaban J connectivity index is 2.55. The van der Waals surface area contributed by atoms with Crippen molar-refractivity contribution in [3.05, 3.63) is 41.5 Å². The van der Waals surface area contributed by atoms with E-state index in [1.807, 2.05) is 19.9 Å². The molecule has 0 aliphatic heterocycles. The number of carboxylic acid groups (broad SMARTS) is 1. The van der Waals surface area contributed by atoms with E-state index >= 15 is 0 Å². The molecule has 0 spiro atoms. The lowest BCUT2D eigenvalue weighted by atomic mass is 10.1. The van der Waals surface area contributed by atoms with Crippen molar-refractivity contribution >= 4 is 5.97 Å². The van der Waals surface area contributed by atoms with E-state index in [0.717, 1.165) is 11.1 Å². The van der Waals surface area contributed by atoms with Gasteiger partial charge in [-0.25, -0.2) is 14.8 Å². The first kappa shape index (κ1) is 12.2. The first-order valence-electron chi connectivity index (χ1n) is 5.63. The summed E-state index contributed by atoms with van der Waals surface area (Å²) >= 11 is 0. The van der Waals surface area contributed by atoms with E-state index in [9.17, 15) is 4.79 Å². The SMILES string of the molecule is CCc1nc(-c2cnccc2C)ncc1C(=O)O. The minimum Gasteiger partial charge on any atom is -0.478 e. The Labute approximate surface area is 105 Å². The minimum atomic E-state index is -0.999. The Morgan fingerprint density at radius 3 is 2.78 bits per heavy atom. The summed E-state index contributed by atoms with van der Waals surface area (Å²) in [5.41, 5.74) is 2.53. The molecule has 0 saturated heterocycles. The van der Waals surface area contributed by atoms with Gasteiger partial charge in [0.15, 0.2) is 5.82 Å². The van der Waals surface area contributed by atoms with Gasteiger partial charge in [0.1, 0.15) is 0 Å². The Kier molecular flexibility index (Phi) is 3.32. The van der Waals surface area contributed by atoms with Gasteiger partial charge in [-0.15, -0.1) is 0 Å². The van der Waals surface area contributed by atoms with Gasteiger partial charge >= 0.3 is 5.97 Å². The van der Waals surface area contributed by atoms with Crippen LogP contribution in [-0.2, 0) is 6.42 Å². The second kappa shape index (κ2) is 4.91. The van der Waals surface area contributed by atoms with E-state index in [0.29, 0.717) is 17.9 Å². The Hall–Kier alpha value is -2.30. The molecule has 5 nitrogen and oxygen atoms in total. The van der Waals surface area contributed by atoms with Crippen LogP contribution in [0.25, 0.3) is 11.4 Å². The van der Waals surface area contributed by atoms with Gasteiger partial charge in [-0.1, -0.05) is 6.92 Å². The number of aromatic nitrogens is 3. The van der Waals surface area contributed by atoms with Crippen LogP contribution in [0.3, 0.4) is 0 Å². The molecule has 18 heavy (non-hydrogen) atoms. The molecule has 0 aliphatic rings. The van der Waals surface area contributed by atoms with Gasteiger partial charge in [-0.05, 0) is 25.0 Å². The van der Waals surface area contributed by atoms with E-state index in [1.54, 1.807) is 12.4 Å². The number of nitrogens with zero attached hydrogens (tertiary/aromatic N) is 3. The molecule has 5 heteroatoms. The number of hydrogen-bond acceptors (Lipinski definition) is 4.